The van der Waals surface area contributed by atoms with Crippen LogP contribution in [0.2, 0.25) is 0 Å². The Hall–Kier alpha value is -1.13. The maximum atomic E-state index is 11.6. The minimum absolute atomic E-state index is 0.119. The van der Waals surface area contributed by atoms with Crippen molar-refractivity contribution < 1.29 is 5.11 Å². The summed E-state index contributed by atoms with van der Waals surface area (Å²) >= 11 is 0. The molecule has 1 rings (SSSR count). The van der Waals surface area contributed by atoms with E-state index in [0.717, 1.165) is 0 Å². The largest absolute Gasteiger partial charge is 0.394 e. The zero-order chi connectivity index (χ0) is 9.84. The molecule has 4 heteroatoms. The summed E-state index contributed by atoms with van der Waals surface area (Å²) in [6, 6.07) is 2.83. The summed E-state index contributed by atoms with van der Waals surface area (Å²) in [6.07, 6.45) is 1.70. The number of aromatic nitrogens is 1. The Morgan fingerprint density at radius 3 is 2.92 bits per heavy atom. The Balaban J connectivity index is 3.16. The molecule has 72 valence electrons. The van der Waals surface area contributed by atoms with Gasteiger partial charge in [-0.15, -0.1) is 0 Å². The molecule has 0 bridgehead atoms. The number of nitrogens with two attached hydrogens (primary N) is 1. The Morgan fingerprint density at radius 1 is 1.69 bits per heavy atom. The van der Waals surface area contributed by atoms with E-state index in [0.29, 0.717) is 12.1 Å². The van der Waals surface area contributed by atoms with Crippen LogP contribution in [0.4, 0.5) is 0 Å². The number of rotatable bonds is 3. The maximum Gasteiger partial charge on any atom is 0.255 e. The number of hydrogen-bond acceptors (Lipinski definition) is 3. The van der Waals surface area contributed by atoms with Crippen LogP contribution < -0.4 is 11.3 Å². The van der Waals surface area contributed by atoms with Gasteiger partial charge in [0.25, 0.3) is 5.56 Å². The average Bonchev–Trinajstić information content (AvgIpc) is 2.17. The molecule has 0 saturated carbocycles. The first-order valence-corrected chi connectivity index (χ1v) is 4.26. The third kappa shape index (κ3) is 1.96. The van der Waals surface area contributed by atoms with Crippen molar-refractivity contribution in [2.24, 2.45) is 5.73 Å². The van der Waals surface area contributed by atoms with Crippen molar-refractivity contribution in [3.8, 4) is 0 Å². The van der Waals surface area contributed by atoms with E-state index < -0.39 is 6.04 Å². The molecule has 0 radical (unpaired) electrons. The Morgan fingerprint density at radius 2 is 2.38 bits per heavy atom. The third-order valence-corrected chi connectivity index (χ3v) is 1.99. The molecule has 1 unspecified atom stereocenters. The molecule has 0 spiro atoms. The van der Waals surface area contributed by atoms with E-state index >= 15 is 0 Å². The van der Waals surface area contributed by atoms with E-state index in [1.807, 2.05) is 6.92 Å². The van der Waals surface area contributed by atoms with Gasteiger partial charge in [-0.3, -0.25) is 4.79 Å². The van der Waals surface area contributed by atoms with Crippen molar-refractivity contribution in [2.75, 3.05) is 6.61 Å². The molecule has 1 atom stereocenters. The van der Waals surface area contributed by atoms with Crippen LogP contribution in [-0.2, 0) is 6.54 Å². The van der Waals surface area contributed by atoms with E-state index in [1.54, 1.807) is 22.9 Å². The molecular formula is C9H14N2O2. The second-order valence-corrected chi connectivity index (χ2v) is 2.84. The molecule has 0 aliphatic carbocycles. The summed E-state index contributed by atoms with van der Waals surface area (Å²) in [4.78, 5) is 11.6. The number of pyridine rings is 1. The Bertz CT molecular complexity index is 333. The predicted octanol–water partition coefficient (Wildman–Crippen LogP) is -0.140. The lowest BCUT2D eigenvalue weighted by molar-refractivity contribution is 0.267. The highest BCUT2D eigenvalue weighted by Crippen LogP contribution is 2.02. The molecule has 0 aliphatic rings. The molecule has 1 aromatic rings. The second-order valence-electron chi connectivity index (χ2n) is 2.84. The first-order chi connectivity index (χ1) is 6.20. The summed E-state index contributed by atoms with van der Waals surface area (Å²) in [5, 5.41) is 8.80. The fraction of sp³-hybridized carbons (Fsp3) is 0.444. The van der Waals surface area contributed by atoms with E-state index in [9.17, 15) is 4.79 Å². The lowest BCUT2D eigenvalue weighted by Gasteiger charge is -2.09. The van der Waals surface area contributed by atoms with E-state index in [2.05, 4.69) is 0 Å². The van der Waals surface area contributed by atoms with E-state index in [4.69, 9.17) is 10.8 Å². The molecule has 0 fully saturated rings. The summed E-state index contributed by atoms with van der Waals surface area (Å²) in [5.74, 6) is 0. The van der Waals surface area contributed by atoms with Gasteiger partial charge in [-0.2, -0.15) is 0 Å². The lowest BCUT2D eigenvalue weighted by atomic mass is 10.1. The van der Waals surface area contributed by atoms with Gasteiger partial charge in [-0.25, -0.2) is 0 Å². The average molecular weight is 182 g/mol. The summed E-state index contributed by atoms with van der Waals surface area (Å²) in [6.45, 7) is 2.30. The second kappa shape index (κ2) is 4.20. The third-order valence-electron chi connectivity index (χ3n) is 1.99. The molecule has 0 saturated heterocycles. The standard InChI is InChI=1S/C9H14N2O2/c1-2-11-5-3-4-7(9(11)13)8(10)6-12/h3-5,8,12H,2,6,10H2,1H3. The summed E-state index contributed by atoms with van der Waals surface area (Å²) in [7, 11) is 0. The van der Waals surface area contributed by atoms with Crippen molar-refractivity contribution in [2.45, 2.75) is 19.5 Å². The normalized spacial score (nSPS) is 12.8. The van der Waals surface area contributed by atoms with Gasteiger partial charge in [0.2, 0.25) is 0 Å². The number of aryl methyl sites for hydroxylation is 1. The molecule has 1 aromatic heterocycles. The van der Waals surface area contributed by atoms with Crippen molar-refractivity contribution in [3.05, 3.63) is 34.2 Å². The van der Waals surface area contributed by atoms with Crippen molar-refractivity contribution in [1.29, 1.82) is 0 Å². The zero-order valence-corrected chi connectivity index (χ0v) is 7.60. The predicted molar refractivity (Wildman–Crippen MR) is 50.4 cm³/mol. The lowest BCUT2D eigenvalue weighted by Crippen LogP contribution is -2.28. The van der Waals surface area contributed by atoms with Gasteiger partial charge < -0.3 is 15.4 Å². The van der Waals surface area contributed by atoms with Gasteiger partial charge in [0, 0.05) is 18.3 Å². The fourth-order valence-corrected chi connectivity index (χ4v) is 1.18. The molecule has 1 heterocycles. The van der Waals surface area contributed by atoms with Crippen LogP contribution in [-0.4, -0.2) is 16.3 Å². The SMILES string of the molecule is CCn1cccc(C(N)CO)c1=O. The molecule has 3 N–H and O–H groups in total. The summed E-state index contributed by atoms with van der Waals surface area (Å²) in [5.41, 5.74) is 5.90. The van der Waals surface area contributed by atoms with Crippen LogP contribution in [0.3, 0.4) is 0 Å². The molecule has 13 heavy (non-hydrogen) atoms. The number of hydrogen-bond donors (Lipinski definition) is 2. The highest BCUT2D eigenvalue weighted by Gasteiger charge is 2.09. The monoisotopic (exact) mass is 182 g/mol. The number of aliphatic hydroxyl groups excluding tert-OH is 1. The quantitative estimate of drug-likeness (QED) is 0.683. The maximum absolute atomic E-state index is 11.6. The van der Waals surface area contributed by atoms with Gasteiger partial charge in [-0.1, -0.05) is 6.07 Å². The topological polar surface area (TPSA) is 68.2 Å². The van der Waals surface area contributed by atoms with E-state index in [-0.39, 0.29) is 12.2 Å². The van der Waals surface area contributed by atoms with Crippen LogP contribution in [0.5, 0.6) is 0 Å². The van der Waals surface area contributed by atoms with Crippen LogP contribution in [0.25, 0.3) is 0 Å². The highest BCUT2D eigenvalue weighted by atomic mass is 16.3. The first kappa shape index (κ1) is 9.95. The fourth-order valence-electron chi connectivity index (χ4n) is 1.18. The number of aliphatic hydroxyl groups is 1. The van der Waals surface area contributed by atoms with Gasteiger partial charge in [-0.05, 0) is 13.0 Å². The Labute approximate surface area is 76.6 Å². The molecule has 0 aromatic carbocycles. The smallest absolute Gasteiger partial charge is 0.255 e. The van der Waals surface area contributed by atoms with Crippen molar-refractivity contribution in [3.63, 3.8) is 0 Å². The molecule has 0 amide bonds. The van der Waals surface area contributed by atoms with Gasteiger partial charge in [0.15, 0.2) is 0 Å². The van der Waals surface area contributed by atoms with Gasteiger partial charge in [0.1, 0.15) is 0 Å². The summed E-state index contributed by atoms with van der Waals surface area (Å²) < 4.78 is 1.56. The first-order valence-electron chi connectivity index (χ1n) is 4.26. The van der Waals surface area contributed by atoms with Crippen LogP contribution in [0.1, 0.15) is 18.5 Å². The minimum atomic E-state index is -0.577. The van der Waals surface area contributed by atoms with Crippen LogP contribution in [0, 0.1) is 0 Å². The molecular weight excluding hydrogens is 168 g/mol. The zero-order valence-electron chi connectivity index (χ0n) is 7.60. The minimum Gasteiger partial charge on any atom is -0.394 e. The molecule has 0 aliphatic heterocycles. The van der Waals surface area contributed by atoms with Crippen LogP contribution >= 0.6 is 0 Å². The van der Waals surface area contributed by atoms with Gasteiger partial charge >= 0.3 is 0 Å². The number of nitrogens with zero attached hydrogens (tertiary/aromatic N) is 1. The van der Waals surface area contributed by atoms with Gasteiger partial charge in [0.05, 0.1) is 12.6 Å². The van der Waals surface area contributed by atoms with Crippen molar-refractivity contribution >= 4 is 0 Å². The molecule has 4 nitrogen and oxygen atoms in total. The van der Waals surface area contributed by atoms with Crippen LogP contribution in [0.15, 0.2) is 23.1 Å². The highest BCUT2D eigenvalue weighted by molar-refractivity contribution is 5.14. The van der Waals surface area contributed by atoms with E-state index in [1.165, 1.54) is 0 Å². The van der Waals surface area contributed by atoms with Crippen molar-refractivity contribution in [1.82, 2.24) is 4.57 Å². The Kier molecular flexibility index (Phi) is 3.22.